The van der Waals surface area contributed by atoms with Gasteiger partial charge in [0.15, 0.2) is 0 Å². The highest BCUT2D eigenvalue weighted by Gasteiger charge is 2.60. The van der Waals surface area contributed by atoms with Crippen molar-refractivity contribution in [2.45, 2.75) is 43.4 Å². The molecule has 4 bridgehead atoms. The van der Waals surface area contributed by atoms with Crippen molar-refractivity contribution in [2.24, 2.45) is 17.3 Å². The van der Waals surface area contributed by atoms with Crippen LogP contribution < -0.4 is 0 Å². The number of ketones is 1. The Kier molecular flexibility index (Phi) is 2.08. The first kappa shape index (κ1) is 10.5. The van der Waals surface area contributed by atoms with Crippen LogP contribution in [0.3, 0.4) is 0 Å². The van der Waals surface area contributed by atoms with E-state index in [4.69, 9.17) is 17.1 Å². The van der Waals surface area contributed by atoms with Gasteiger partial charge in [-0.3, -0.25) is 4.79 Å². The minimum Gasteiger partial charge on any atom is -0.361 e. The summed E-state index contributed by atoms with van der Waals surface area (Å²) in [5.74, 6) is 1.19. The van der Waals surface area contributed by atoms with Crippen LogP contribution >= 0.6 is 11.6 Å². The molecule has 0 N–H and O–H groups in total. The molecular weight excluding hydrogens is 224 g/mol. The zero-order valence-corrected chi connectivity index (χ0v) is 9.91. The van der Waals surface area contributed by atoms with Crippen LogP contribution in [0.1, 0.15) is 38.5 Å². The Morgan fingerprint density at radius 2 is 1.94 bits per heavy atom. The predicted octanol–water partition coefficient (Wildman–Crippen LogP) is 2.43. The van der Waals surface area contributed by atoms with E-state index in [1.54, 1.807) is 0 Å². The lowest BCUT2D eigenvalue weighted by Gasteiger charge is -2.58. The van der Waals surface area contributed by atoms with Crippen LogP contribution in [0.15, 0.2) is 0 Å². The molecule has 0 heterocycles. The third-order valence-corrected chi connectivity index (χ3v) is 5.13. The zero-order chi connectivity index (χ0) is 11.4. The number of alkyl halides is 1. The van der Waals surface area contributed by atoms with Gasteiger partial charge in [-0.15, -0.1) is 11.6 Å². The van der Waals surface area contributed by atoms with Crippen LogP contribution in [0.5, 0.6) is 0 Å². The third-order valence-electron chi connectivity index (χ3n) is 4.69. The molecule has 0 aromatic heterocycles. The number of carbonyl (C=O) groups excluding carboxylic acids is 1. The maximum atomic E-state index is 12.1. The second-order valence-corrected chi connectivity index (χ2v) is 6.80. The normalized spacial score (nSPS) is 48.8. The topological polar surface area (TPSA) is 53.5 Å². The van der Waals surface area contributed by atoms with E-state index in [-0.39, 0.29) is 16.1 Å². The van der Waals surface area contributed by atoms with Crippen molar-refractivity contribution < 1.29 is 9.58 Å². The van der Waals surface area contributed by atoms with Gasteiger partial charge < -0.3 is 5.53 Å². The van der Waals surface area contributed by atoms with Crippen LogP contribution in [0.4, 0.5) is 0 Å². The van der Waals surface area contributed by atoms with Gasteiger partial charge in [0.05, 0.1) is 0 Å². The van der Waals surface area contributed by atoms with E-state index in [9.17, 15) is 4.79 Å². The molecule has 0 aromatic rings. The van der Waals surface area contributed by atoms with Crippen molar-refractivity contribution in [3.05, 3.63) is 5.53 Å². The van der Waals surface area contributed by atoms with Crippen LogP contribution in [0.2, 0.25) is 0 Å². The lowest BCUT2D eigenvalue weighted by molar-refractivity contribution is -0.138. The van der Waals surface area contributed by atoms with Crippen LogP contribution in [0.25, 0.3) is 5.53 Å². The molecule has 3 nitrogen and oxygen atoms in total. The van der Waals surface area contributed by atoms with Crippen LogP contribution in [-0.2, 0) is 4.79 Å². The van der Waals surface area contributed by atoms with Crippen molar-refractivity contribution >= 4 is 23.6 Å². The molecular formula is C12H15ClN2O. The highest BCUT2D eigenvalue weighted by molar-refractivity contribution is 6.29. The maximum Gasteiger partial charge on any atom is 0.323 e. The zero-order valence-electron chi connectivity index (χ0n) is 9.16. The van der Waals surface area contributed by atoms with Crippen molar-refractivity contribution in [1.82, 2.24) is 0 Å². The number of Topliss-reactive ketones (excluding diaryl/α,β-unsaturated/α-hetero) is 1. The van der Waals surface area contributed by atoms with E-state index in [1.807, 2.05) is 0 Å². The molecule has 86 valence electrons. The van der Waals surface area contributed by atoms with Gasteiger partial charge in [-0.2, -0.15) is 4.79 Å². The van der Waals surface area contributed by atoms with Crippen molar-refractivity contribution in [3.8, 4) is 0 Å². The molecule has 4 saturated carbocycles. The van der Waals surface area contributed by atoms with E-state index in [0.717, 1.165) is 38.3 Å². The molecule has 4 fully saturated rings. The molecule has 4 aliphatic rings. The summed E-state index contributed by atoms with van der Waals surface area (Å²) < 4.78 is 0. The molecule has 0 saturated heterocycles. The molecule has 0 spiro atoms. The summed E-state index contributed by atoms with van der Waals surface area (Å²) in [7, 11) is 0. The predicted molar refractivity (Wildman–Crippen MR) is 60.4 cm³/mol. The van der Waals surface area contributed by atoms with Gasteiger partial charge in [-0.1, -0.05) is 0 Å². The number of rotatable bonds is 2. The Labute approximate surface area is 99.8 Å². The van der Waals surface area contributed by atoms with Crippen LogP contribution in [-0.4, -0.2) is 21.7 Å². The van der Waals surface area contributed by atoms with Gasteiger partial charge >= 0.3 is 6.21 Å². The molecule has 0 aliphatic heterocycles. The van der Waals surface area contributed by atoms with E-state index in [0.29, 0.717) is 11.8 Å². The SMILES string of the molecule is [N-]=[N+]=CC(=O)C12C[C@H]3C[C@@H](CC(Cl)(C3)C1)C2. The Hall–Kier alpha value is -0.660. The molecule has 0 radical (unpaired) electrons. The number of carbonyl (C=O) groups is 1. The third kappa shape index (κ3) is 1.38. The van der Waals surface area contributed by atoms with E-state index in [1.165, 1.54) is 6.42 Å². The molecule has 0 aromatic carbocycles. The fraction of sp³-hybridized carbons (Fsp3) is 0.833. The maximum absolute atomic E-state index is 12.1. The summed E-state index contributed by atoms with van der Waals surface area (Å²) >= 11 is 6.61. The Bertz CT molecular complexity index is 386. The molecule has 4 rings (SSSR count). The number of hydrogen-bond acceptors (Lipinski definition) is 1. The van der Waals surface area contributed by atoms with Crippen molar-refractivity contribution in [1.29, 1.82) is 0 Å². The summed E-state index contributed by atoms with van der Waals surface area (Å²) in [5, 5.41) is 0. The van der Waals surface area contributed by atoms with Gasteiger partial charge in [-0.05, 0) is 50.4 Å². The van der Waals surface area contributed by atoms with Gasteiger partial charge in [0, 0.05) is 10.3 Å². The minimum atomic E-state index is -0.307. The fourth-order valence-corrected chi connectivity index (χ4v) is 5.32. The lowest BCUT2D eigenvalue weighted by Crippen LogP contribution is -2.56. The average molecular weight is 239 g/mol. The number of hydrogen-bond donors (Lipinski definition) is 0. The fourth-order valence-electron chi connectivity index (χ4n) is 4.63. The first-order valence-electron chi connectivity index (χ1n) is 5.96. The molecule has 0 amide bonds. The van der Waals surface area contributed by atoms with Crippen molar-refractivity contribution in [2.75, 3.05) is 0 Å². The molecule has 2 atom stereocenters. The monoisotopic (exact) mass is 238 g/mol. The Morgan fingerprint density at radius 1 is 1.31 bits per heavy atom. The Morgan fingerprint density at radius 3 is 2.44 bits per heavy atom. The van der Waals surface area contributed by atoms with Crippen molar-refractivity contribution in [3.63, 3.8) is 0 Å². The summed E-state index contributed by atoms with van der Waals surface area (Å²) in [5.41, 5.74) is 8.21. The van der Waals surface area contributed by atoms with Gasteiger partial charge in [0.2, 0.25) is 5.78 Å². The lowest BCUT2D eigenvalue weighted by atomic mass is 9.48. The number of halogens is 1. The summed E-state index contributed by atoms with van der Waals surface area (Å²) in [6.07, 6.45) is 7.12. The second kappa shape index (κ2) is 3.18. The second-order valence-electron chi connectivity index (χ2n) is 6.00. The van der Waals surface area contributed by atoms with Gasteiger partial charge in [-0.25, -0.2) is 0 Å². The highest BCUT2D eigenvalue weighted by atomic mass is 35.5. The summed E-state index contributed by atoms with van der Waals surface area (Å²) in [6.45, 7) is 0. The minimum absolute atomic E-state index is 0.0193. The smallest absolute Gasteiger partial charge is 0.323 e. The van der Waals surface area contributed by atoms with Gasteiger partial charge in [0.25, 0.3) is 0 Å². The largest absolute Gasteiger partial charge is 0.361 e. The molecule has 4 heteroatoms. The molecule has 0 unspecified atom stereocenters. The first-order chi connectivity index (χ1) is 7.55. The molecule has 4 aliphatic carbocycles. The van der Waals surface area contributed by atoms with E-state index >= 15 is 0 Å². The highest BCUT2D eigenvalue weighted by Crippen LogP contribution is 2.63. The number of nitrogens with zero attached hydrogens (tertiary/aromatic N) is 2. The van der Waals surface area contributed by atoms with Gasteiger partial charge in [0.1, 0.15) is 0 Å². The first-order valence-corrected chi connectivity index (χ1v) is 6.34. The standard InChI is InChI=1S/C12H15ClN2O/c13-12-4-8-1-9(5-12)3-11(2-8,7-12)10(16)6-15-14/h6,8-9H,1-5,7H2/t8-,9-,11?,12?/m1/s1. The average Bonchev–Trinajstić information content (AvgIpc) is 2.13. The van der Waals surface area contributed by atoms with E-state index in [2.05, 4.69) is 4.79 Å². The summed E-state index contributed by atoms with van der Waals surface area (Å²) in [4.78, 5) is 14.8. The Balaban J connectivity index is 1.97. The van der Waals surface area contributed by atoms with E-state index < -0.39 is 0 Å². The van der Waals surface area contributed by atoms with Crippen LogP contribution in [0, 0.1) is 17.3 Å². The molecule has 16 heavy (non-hydrogen) atoms. The summed E-state index contributed by atoms with van der Waals surface area (Å²) in [6, 6.07) is 0. The quantitative estimate of drug-likeness (QED) is 0.316.